The number of fused-ring (bicyclic) bond motifs is 1. The minimum absolute atomic E-state index is 0.166. The molecule has 0 saturated heterocycles. The molecule has 7 heteroatoms. The van der Waals surface area contributed by atoms with E-state index in [1.54, 1.807) is 44.6 Å². The molecule has 0 radical (unpaired) electrons. The number of nitrogens with zero attached hydrogens (tertiary/aromatic N) is 3. The molecule has 0 aliphatic rings. The van der Waals surface area contributed by atoms with E-state index >= 15 is 0 Å². The minimum atomic E-state index is -0.620. The van der Waals surface area contributed by atoms with Crippen LogP contribution in [-0.2, 0) is 14.3 Å². The fraction of sp³-hybridized carbons (Fsp3) is 0.529. The van der Waals surface area contributed by atoms with Crippen LogP contribution in [0.15, 0.2) is 12.3 Å². The van der Waals surface area contributed by atoms with Crippen LogP contribution in [0.5, 0.6) is 0 Å². The number of hydrogen-bond acceptors (Lipinski definition) is 6. The first kappa shape index (κ1) is 17.9. The third kappa shape index (κ3) is 4.10. The Morgan fingerprint density at radius 1 is 1.29 bits per heavy atom. The van der Waals surface area contributed by atoms with Crippen LogP contribution in [0.25, 0.3) is 11.0 Å². The largest absolute Gasteiger partial charge is 0.457 e. The van der Waals surface area contributed by atoms with Gasteiger partial charge >= 0.3 is 11.9 Å². The molecular formula is C17H23N3O4. The third-order valence-corrected chi connectivity index (χ3v) is 3.21. The van der Waals surface area contributed by atoms with Gasteiger partial charge in [0.15, 0.2) is 12.3 Å². The smallest absolute Gasteiger partial charge is 0.344 e. The summed E-state index contributed by atoms with van der Waals surface area (Å²) in [7, 11) is 0. The predicted molar refractivity (Wildman–Crippen MR) is 88.8 cm³/mol. The van der Waals surface area contributed by atoms with Gasteiger partial charge in [-0.1, -0.05) is 0 Å². The first-order valence-corrected chi connectivity index (χ1v) is 7.82. The molecule has 0 fully saturated rings. The van der Waals surface area contributed by atoms with Gasteiger partial charge in [0, 0.05) is 11.4 Å². The van der Waals surface area contributed by atoms with Crippen LogP contribution in [0.2, 0.25) is 0 Å². The Labute approximate surface area is 141 Å². The Morgan fingerprint density at radius 2 is 1.96 bits per heavy atom. The van der Waals surface area contributed by atoms with Crippen molar-refractivity contribution in [3.05, 3.63) is 23.5 Å². The van der Waals surface area contributed by atoms with Crippen molar-refractivity contribution >= 4 is 23.0 Å². The standard InChI is InChI=1S/C17H23N3O4/c1-10(2)20-15-12(8-18-20)7-13(11(3)19-15)16(22)23-9-14(21)24-17(4,5)6/h7-8,10H,9H2,1-6H3. The highest BCUT2D eigenvalue weighted by Gasteiger charge is 2.20. The Morgan fingerprint density at radius 3 is 2.54 bits per heavy atom. The number of carbonyl (C=O) groups excluding carboxylic acids is 2. The molecule has 24 heavy (non-hydrogen) atoms. The molecule has 0 aromatic carbocycles. The maximum absolute atomic E-state index is 12.2. The van der Waals surface area contributed by atoms with Crippen LogP contribution in [0.1, 0.15) is 56.7 Å². The van der Waals surface area contributed by atoms with E-state index in [9.17, 15) is 9.59 Å². The predicted octanol–water partition coefficient (Wildman–Crippen LogP) is 2.82. The lowest BCUT2D eigenvalue weighted by molar-refractivity contribution is -0.158. The summed E-state index contributed by atoms with van der Waals surface area (Å²) in [5.41, 5.74) is 0.935. The van der Waals surface area contributed by atoms with E-state index in [0.29, 0.717) is 16.9 Å². The van der Waals surface area contributed by atoms with Crippen LogP contribution in [-0.4, -0.2) is 38.9 Å². The van der Waals surface area contributed by atoms with Gasteiger partial charge in [-0.15, -0.1) is 0 Å². The Balaban J connectivity index is 2.15. The fourth-order valence-electron chi connectivity index (χ4n) is 2.22. The molecule has 0 unspecified atom stereocenters. The van der Waals surface area contributed by atoms with Crippen LogP contribution >= 0.6 is 0 Å². The first-order chi connectivity index (χ1) is 11.1. The number of aryl methyl sites for hydroxylation is 1. The molecule has 0 aliphatic carbocycles. The van der Waals surface area contributed by atoms with Crippen molar-refractivity contribution in [3.63, 3.8) is 0 Å². The van der Waals surface area contributed by atoms with Gasteiger partial charge in [-0.2, -0.15) is 5.10 Å². The number of carbonyl (C=O) groups is 2. The number of rotatable bonds is 4. The topological polar surface area (TPSA) is 83.3 Å². The van der Waals surface area contributed by atoms with Crippen molar-refractivity contribution in [1.29, 1.82) is 0 Å². The maximum Gasteiger partial charge on any atom is 0.344 e. The highest BCUT2D eigenvalue weighted by molar-refractivity contribution is 5.95. The van der Waals surface area contributed by atoms with E-state index in [-0.39, 0.29) is 6.04 Å². The number of aromatic nitrogens is 3. The van der Waals surface area contributed by atoms with E-state index in [4.69, 9.17) is 9.47 Å². The quantitative estimate of drug-likeness (QED) is 0.800. The molecule has 130 valence electrons. The van der Waals surface area contributed by atoms with Crippen LogP contribution in [0.3, 0.4) is 0 Å². The van der Waals surface area contributed by atoms with Crippen LogP contribution < -0.4 is 0 Å². The summed E-state index contributed by atoms with van der Waals surface area (Å²) in [6.45, 7) is 10.6. The molecule has 0 bridgehead atoms. The normalized spacial score (nSPS) is 11.8. The van der Waals surface area contributed by atoms with Crippen molar-refractivity contribution < 1.29 is 19.1 Å². The lowest BCUT2D eigenvalue weighted by Gasteiger charge is -2.19. The van der Waals surface area contributed by atoms with Gasteiger partial charge in [-0.25, -0.2) is 19.3 Å². The Hall–Kier alpha value is -2.44. The zero-order valence-electron chi connectivity index (χ0n) is 14.9. The van der Waals surface area contributed by atoms with E-state index in [0.717, 1.165) is 5.39 Å². The molecule has 0 atom stereocenters. The Kier molecular flexibility index (Phi) is 4.91. The summed E-state index contributed by atoms with van der Waals surface area (Å²) in [4.78, 5) is 28.3. The molecule has 0 spiro atoms. The zero-order chi connectivity index (χ0) is 18.1. The molecule has 0 N–H and O–H groups in total. The lowest BCUT2D eigenvalue weighted by atomic mass is 10.2. The van der Waals surface area contributed by atoms with E-state index < -0.39 is 24.1 Å². The number of hydrogen-bond donors (Lipinski definition) is 0. The van der Waals surface area contributed by atoms with Gasteiger partial charge in [0.05, 0.1) is 17.5 Å². The molecule has 2 aromatic rings. The van der Waals surface area contributed by atoms with Gasteiger partial charge in [-0.3, -0.25) is 0 Å². The van der Waals surface area contributed by atoms with Gasteiger partial charge in [-0.05, 0) is 47.6 Å². The van der Waals surface area contributed by atoms with Crippen molar-refractivity contribution in [1.82, 2.24) is 14.8 Å². The summed E-state index contributed by atoms with van der Waals surface area (Å²) >= 11 is 0. The SMILES string of the molecule is Cc1nc2c(cnn2C(C)C)cc1C(=O)OCC(=O)OC(C)(C)C. The van der Waals surface area contributed by atoms with Gasteiger partial charge < -0.3 is 9.47 Å². The van der Waals surface area contributed by atoms with Crippen molar-refractivity contribution in [2.45, 2.75) is 53.2 Å². The van der Waals surface area contributed by atoms with Gasteiger partial charge in [0.2, 0.25) is 0 Å². The molecule has 0 amide bonds. The Bertz CT molecular complexity index is 772. The average Bonchev–Trinajstić information content (AvgIpc) is 2.84. The number of pyridine rings is 1. The highest BCUT2D eigenvalue weighted by atomic mass is 16.6. The highest BCUT2D eigenvalue weighted by Crippen LogP contribution is 2.20. The molecule has 0 saturated carbocycles. The molecule has 0 aliphatic heterocycles. The van der Waals surface area contributed by atoms with Crippen molar-refractivity contribution in [2.75, 3.05) is 6.61 Å². The van der Waals surface area contributed by atoms with Gasteiger partial charge in [0.1, 0.15) is 5.60 Å². The summed E-state index contributed by atoms with van der Waals surface area (Å²) in [5.74, 6) is -1.19. The monoisotopic (exact) mass is 333 g/mol. The first-order valence-electron chi connectivity index (χ1n) is 7.82. The molecule has 2 rings (SSSR count). The molecule has 7 nitrogen and oxygen atoms in total. The minimum Gasteiger partial charge on any atom is -0.457 e. The summed E-state index contributed by atoms with van der Waals surface area (Å²) < 4.78 is 11.9. The van der Waals surface area contributed by atoms with Crippen molar-refractivity contribution in [3.8, 4) is 0 Å². The second-order valence-corrected chi connectivity index (χ2v) is 6.88. The van der Waals surface area contributed by atoms with E-state index in [1.165, 1.54) is 0 Å². The summed E-state index contributed by atoms with van der Waals surface area (Å²) in [5, 5.41) is 5.03. The van der Waals surface area contributed by atoms with Crippen molar-refractivity contribution in [2.24, 2.45) is 0 Å². The maximum atomic E-state index is 12.2. The number of ether oxygens (including phenoxy) is 2. The fourth-order valence-corrected chi connectivity index (χ4v) is 2.22. The third-order valence-electron chi connectivity index (χ3n) is 3.21. The molecule has 2 aromatic heterocycles. The van der Waals surface area contributed by atoms with Gasteiger partial charge in [0.25, 0.3) is 0 Å². The zero-order valence-corrected chi connectivity index (χ0v) is 14.9. The summed E-state index contributed by atoms with van der Waals surface area (Å²) in [6.07, 6.45) is 1.66. The van der Waals surface area contributed by atoms with Crippen LogP contribution in [0, 0.1) is 6.92 Å². The second kappa shape index (κ2) is 6.59. The lowest BCUT2D eigenvalue weighted by Crippen LogP contribution is -2.27. The molecule has 2 heterocycles. The van der Waals surface area contributed by atoms with E-state index in [2.05, 4.69) is 10.1 Å². The molecular weight excluding hydrogens is 310 g/mol. The summed E-state index contributed by atoms with van der Waals surface area (Å²) in [6, 6.07) is 1.85. The second-order valence-electron chi connectivity index (χ2n) is 6.88. The number of esters is 2. The average molecular weight is 333 g/mol. The van der Waals surface area contributed by atoms with Crippen LogP contribution in [0.4, 0.5) is 0 Å². The van der Waals surface area contributed by atoms with E-state index in [1.807, 2.05) is 13.8 Å².